The Morgan fingerprint density at radius 3 is 2.57 bits per heavy atom. The van der Waals surface area contributed by atoms with Gasteiger partial charge in [-0.2, -0.15) is 0 Å². The van der Waals surface area contributed by atoms with Gasteiger partial charge in [-0.15, -0.1) is 12.4 Å². The molecule has 116 valence electrons. The highest BCUT2D eigenvalue weighted by Crippen LogP contribution is 2.25. The molecular weight excluding hydrogens is 290 g/mol. The fraction of sp³-hybridized carbons (Fsp3) is 0.467. The first kappa shape index (κ1) is 17.5. The zero-order valence-electron chi connectivity index (χ0n) is 12.1. The van der Waals surface area contributed by atoms with Crippen molar-refractivity contribution in [2.75, 3.05) is 5.32 Å². The maximum absolute atomic E-state index is 12.2. The Bertz CT molecular complexity index is 534. The van der Waals surface area contributed by atoms with Crippen LogP contribution in [0.15, 0.2) is 18.2 Å². The second-order valence-corrected chi connectivity index (χ2v) is 5.51. The number of carbonyl (C=O) groups excluding carboxylic acids is 2. The molecule has 1 saturated carbocycles. The number of benzene rings is 1. The van der Waals surface area contributed by atoms with Gasteiger partial charge in [0.05, 0.1) is 0 Å². The molecule has 0 aromatic heterocycles. The number of hydrogen-bond donors (Lipinski definition) is 3. The monoisotopic (exact) mass is 311 g/mol. The molecule has 21 heavy (non-hydrogen) atoms. The smallest absolute Gasteiger partial charge is 0.248 e. The number of primary amides is 1. The minimum atomic E-state index is -0.460. The number of nitrogens with two attached hydrogens (primary N) is 2. The lowest BCUT2D eigenvalue weighted by Crippen LogP contribution is -2.34. The van der Waals surface area contributed by atoms with Gasteiger partial charge < -0.3 is 16.8 Å². The highest BCUT2D eigenvalue weighted by atomic mass is 35.5. The van der Waals surface area contributed by atoms with Gasteiger partial charge in [-0.05, 0) is 49.9 Å². The van der Waals surface area contributed by atoms with Crippen molar-refractivity contribution < 1.29 is 9.59 Å². The summed E-state index contributed by atoms with van der Waals surface area (Å²) >= 11 is 0. The van der Waals surface area contributed by atoms with Crippen LogP contribution in [0.1, 0.15) is 41.6 Å². The molecule has 1 fully saturated rings. The Morgan fingerprint density at radius 1 is 1.29 bits per heavy atom. The normalized spacial score (nSPS) is 21.2. The fourth-order valence-corrected chi connectivity index (χ4v) is 2.73. The zero-order chi connectivity index (χ0) is 14.7. The first-order valence-electron chi connectivity index (χ1n) is 6.94. The standard InChI is InChI=1S/C15H21N3O2.ClH/c1-9-7-12(5-6-13(9)14(17)19)18-15(20)10-3-2-4-11(16)8-10;/h5-7,10-11H,2-4,8,16H2,1H3,(H2,17,19)(H,18,20);1H. The lowest BCUT2D eigenvalue weighted by Gasteiger charge is -2.25. The predicted octanol–water partition coefficient (Wildman–Crippen LogP) is 1.97. The summed E-state index contributed by atoms with van der Waals surface area (Å²) < 4.78 is 0. The van der Waals surface area contributed by atoms with Gasteiger partial charge in [-0.25, -0.2) is 0 Å². The maximum Gasteiger partial charge on any atom is 0.248 e. The van der Waals surface area contributed by atoms with Crippen LogP contribution in [0.2, 0.25) is 0 Å². The van der Waals surface area contributed by atoms with E-state index in [-0.39, 0.29) is 30.3 Å². The lowest BCUT2D eigenvalue weighted by atomic mass is 9.85. The van der Waals surface area contributed by atoms with Crippen molar-refractivity contribution >= 4 is 29.9 Å². The molecule has 0 radical (unpaired) electrons. The first-order valence-corrected chi connectivity index (χ1v) is 6.94. The van der Waals surface area contributed by atoms with Crippen LogP contribution >= 0.6 is 12.4 Å². The SMILES string of the molecule is Cc1cc(NC(=O)C2CCCC(N)C2)ccc1C(N)=O.Cl. The van der Waals surface area contributed by atoms with Crippen LogP contribution in [-0.2, 0) is 4.79 Å². The number of anilines is 1. The number of amides is 2. The highest BCUT2D eigenvalue weighted by Gasteiger charge is 2.25. The van der Waals surface area contributed by atoms with E-state index in [1.807, 2.05) is 0 Å². The molecule has 0 spiro atoms. The summed E-state index contributed by atoms with van der Waals surface area (Å²) in [6, 6.07) is 5.23. The van der Waals surface area contributed by atoms with Crippen LogP contribution in [-0.4, -0.2) is 17.9 Å². The van der Waals surface area contributed by atoms with E-state index >= 15 is 0 Å². The largest absolute Gasteiger partial charge is 0.366 e. The number of aryl methyl sites for hydroxylation is 1. The zero-order valence-corrected chi connectivity index (χ0v) is 12.9. The average Bonchev–Trinajstić information content (AvgIpc) is 2.38. The predicted molar refractivity (Wildman–Crippen MR) is 85.5 cm³/mol. The number of halogens is 1. The van der Waals surface area contributed by atoms with Gasteiger partial charge in [0.15, 0.2) is 0 Å². The van der Waals surface area contributed by atoms with Gasteiger partial charge >= 0.3 is 0 Å². The van der Waals surface area contributed by atoms with Crippen molar-refractivity contribution in [1.29, 1.82) is 0 Å². The molecule has 5 nitrogen and oxygen atoms in total. The van der Waals surface area contributed by atoms with Crippen LogP contribution in [0.5, 0.6) is 0 Å². The average molecular weight is 312 g/mol. The number of rotatable bonds is 3. The lowest BCUT2D eigenvalue weighted by molar-refractivity contribution is -0.120. The third-order valence-corrected chi connectivity index (χ3v) is 3.84. The first-order chi connectivity index (χ1) is 9.47. The quantitative estimate of drug-likeness (QED) is 0.796. The third-order valence-electron chi connectivity index (χ3n) is 3.84. The molecule has 0 saturated heterocycles. The van der Waals surface area contributed by atoms with Crippen molar-refractivity contribution in [1.82, 2.24) is 0 Å². The molecule has 2 unspecified atom stereocenters. The van der Waals surface area contributed by atoms with Gasteiger partial charge in [-0.3, -0.25) is 9.59 Å². The molecular formula is C15H22ClN3O2. The van der Waals surface area contributed by atoms with Crippen LogP contribution in [0.25, 0.3) is 0 Å². The van der Waals surface area contributed by atoms with Crippen molar-refractivity contribution in [2.45, 2.75) is 38.6 Å². The van der Waals surface area contributed by atoms with E-state index in [1.54, 1.807) is 25.1 Å². The second-order valence-electron chi connectivity index (χ2n) is 5.51. The van der Waals surface area contributed by atoms with Crippen LogP contribution in [0.4, 0.5) is 5.69 Å². The van der Waals surface area contributed by atoms with Crippen molar-refractivity contribution in [2.24, 2.45) is 17.4 Å². The van der Waals surface area contributed by atoms with Crippen molar-refractivity contribution in [3.8, 4) is 0 Å². The molecule has 0 bridgehead atoms. The molecule has 1 aliphatic rings. The Balaban J connectivity index is 0.00000220. The molecule has 6 heteroatoms. The Hall–Kier alpha value is -1.59. The minimum absolute atomic E-state index is 0. The molecule has 2 rings (SSSR count). The van der Waals surface area contributed by atoms with Crippen LogP contribution in [0, 0.1) is 12.8 Å². The summed E-state index contributed by atoms with van der Waals surface area (Å²) in [6.45, 7) is 1.80. The highest BCUT2D eigenvalue weighted by molar-refractivity contribution is 5.96. The molecule has 0 heterocycles. The van der Waals surface area contributed by atoms with E-state index in [0.29, 0.717) is 11.3 Å². The topological polar surface area (TPSA) is 98.2 Å². The van der Waals surface area contributed by atoms with Crippen molar-refractivity contribution in [3.63, 3.8) is 0 Å². The van der Waals surface area contributed by atoms with Gasteiger partial charge in [0.25, 0.3) is 0 Å². The van der Waals surface area contributed by atoms with Crippen LogP contribution in [0.3, 0.4) is 0 Å². The fourth-order valence-electron chi connectivity index (χ4n) is 2.73. The molecule has 1 aromatic carbocycles. The van der Waals surface area contributed by atoms with Gasteiger partial charge in [0, 0.05) is 23.2 Å². The Morgan fingerprint density at radius 2 is 2.00 bits per heavy atom. The molecule has 2 atom stereocenters. The molecule has 1 aliphatic carbocycles. The summed E-state index contributed by atoms with van der Waals surface area (Å²) in [7, 11) is 0. The van der Waals surface area contributed by atoms with Gasteiger partial charge in [0.2, 0.25) is 11.8 Å². The summed E-state index contributed by atoms with van der Waals surface area (Å²) in [6.07, 6.45) is 3.62. The molecule has 1 aromatic rings. The number of nitrogens with one attached hydrogen (secondary N) is 1. The van der Waals surface area contributed by atoms with E-state index in [2.05, 4.69) is 5.32 Å². The Labute approximate surface area is 130 Å². The number of carbonyl (C=O) groups is 2. The Kier molecular flexibility index (Phi) is 6.18. The summed E-state index contributed by atoms with van der Waals surface area (Å²) in [4.78, 5) is 23.3. The van der Waals surface area contributed by atoms with Gasteiger partial charge in [-0.1, -0.05) is 6.42 Å². The van der Waals surface area contributed by atoms with E-state index in [4.69, 9.17) is 11.5 Å². The third kappa shape index (κ3) is 4.44. The van der Waals surface area contributed by atoms with E-state index in [1.165, 1.54) is 0 Å². The van der Waals surface area contributed by atoms with Gasteiger partial charge in [0.1, 0.15) is 0 Å². The molecule has 0 aliphatic heterocycles. The molecule has 2 amide bonds. The summed E-state index contributed by atoms with van der Waals surface area (Å²) in [5, 5.41) is 2.89. The van der Waals surface area contributed by atoms with E-state index < -0.39 is 5.91 Å². The van der Waals surface area contributed by atoms with Crippen molar-refractivity contribution in [3.05, 3.63) is 29.3 Å². The maximum atomic E-state index is 12.2. The number of hydrogen-bond acceptors (Lipinski definition) is 3. The summed E-state index contributed by atoms with van der Waals surface area (Å²) in [5.41, 5.74) is 13.1. The summed E-state index contributed by atoms with van der Waals surface area (Å²) in [5.74, 6) is -0.472. The van der Waals surface area contributed by atoms with Crippen LogP contribution < -0.4 is 16.8 Å². The van der Waals surface area contributed by atoms with E-state index in [9.17, 15) is 9.59 Å². The molecule has 5 N–H and O–H groups in total. The minimum Gasteiger partial charge on any atom is -0.366 e. The van der Waals surface area contributed by atoms with E-state index in [0.717, 1.165) is 31.2 Å². The second kappa shape index (κ2) is 7.43.